The standard InChI is InChI=1S/C13H24N2S2/c1-6-10(9-16-5)14-7-11-8-15-12(17-11)13(2,3)4/h8,10,14H,6-7,9H2,1-5H3. The zero-order chi connectivity index (χ0) is 12.9. The van der Waals surface area contributed by atoms with Gasteiger partial charge in [0.15, 0.2) is 0 Å². The van der Waals surface area contributed by atoms with E-state index in [-0.39, 0.29) is 5.41 Å². The molecular weight excluding hydrogens is 248 g/mol. The van der Waals surface area contributed by atoms with E-state index in [1.54, 1.807) is 0 Å². The smallest absolute Gasteiger partial charge is 0.0981 e. The number of nitrogens with zero attached hydrogens (tertiary/aromatic N) is 1. The molecule has 0 bridgehead atoms. The maximum absolute atomic E-state index is 4.51. The summed E-state index contributed by atoms with van der Waals surface area (Å²) in [5.41, 5.74) is 0.173. The number of thioether (sulfide) groups is 1. The lowest BCUT2D eigenvalue weighted by molar-refractivity contribution is 0.544. The van der Waals surface area contributed by atoms with Gasteiger partial charge >= 0.3 is 0 Å². The monoisotopic (exact) mass is 272 g/mol. The van der Waals surface area contributed by atoms with Crippen LogP contribution in [0.4, 0.5) is 0 Å². The third kappa shape index (κ3) is 4.98. The lowest BCUT2D eigenvalue weighted by Crippen LogP contribution is -2.29. The molecule has 1 rings (SSSR count). The van der Waals surface area contributed by atoms with Crippen molar-refractivity contribution >= 4 is 23.1 Å². The summed E-state index contributed by atoms with van der Waals surface area (Å²) < 4.78 is 0. The van der Waals surface area contributed by atoms with Crippen LogP contribution in [0.1, 0.15) is 44.0 Å². The van der Waals surface area contributed by atoms with E-state index in [1.807, 2.05) is 29.3 Å². The van der Waals surface area contributed by atoms with E-state index < -0.39 is 0 Å². The Hall–Kier alpha value is -0.0600. The highest BCUT2D eigenvalue weighted by molar-refractivity contribution is 7.98. The fraction of sp³-hybridized carbons (Fsp3) is 0.769. The van der Waals surface area contributed by atoms with E-state index in [4.69, 9.17) is 0 Å². The van der Waals surface area contributed by atoms with Crippen LogP contribution in [0.2, 0.25) is 0 Å². The largest absolute Gasteiger partial charge is 0.308 e. The molecule has 0 fully saturated rings. The van der Waals surface area contributed by atoms with Gasteiger partial charge in [-0.25, -0.2) is 4.98 Å². The molecule has 0 amide bonds. The molecule has 1 aromatic heterocycles. The molecule has 1 unspecified atom stereocenters. The molecule has 2 nitrogen and oxygen atoms in total. The van der Waals surface area contributed by atoms with Gasteiger partial charge in [-0.3, -0.25) is 0 Å². The van der Waals surface area contributed by atoms with Crippen molar-refractivity contribution in [1.29, 1.82) is 0 Å². The first-order valence-electron chi connectivity index (χ1n) is 6.15. The Labute approximate surface area is 114 Å². The summed E-state index contributed by atoms with van der Waals surface area (Å²) in [4.78, 5) is 5.85. The van der Waals surface area contributed by atoms with E-state index in [1.165, 1.54) is 22.1 Å². The fourth-order valence-electron chi connectivity index (χ4n) is 1.50. The minimum atomic E-state index is 0.173. The summed E-state index contributed by atoms with van der Waals surface area (Å²) >= 11 is 3.73. The van der Waals surface area contributed by atoms with Crippen LogP contribution in [0.25, 0.3) is 0 Å². The van der Waals surface area contributed by atoms with Gasteiger partial charge < -0.3 is 5.32 Å². The number of aromatic nitrogens is 1. The van der Waals surface area contributed by atoms with Gasteiger partial charge in [-0.05, 0) is 12.7 Å². The first-order chi connectivity index (χ1) is 7.97. The molecule has 1 aromatic rings. The Morgan fingerprint density at radius 2 is 2.18 bits per heavy atom. The second kappa shape index (κ2) is 6.76. The topological polar surface area (TPSA) is 24.9 Å². The van der Waals surface area contributed by atoms with Gasteiger partial charge in [-0.2, -0.15) is 11.8 Å². The van der Waals surface area contributed by atoms with Crippen molar-refractivity contribution in [2.45, 2.75) is 52.1 Å². The Balaban J connectivity index is 2.49. The zero-order valence-electron chi connectivity index (χ0n) is 11.5. The molecule has 1 N–H and O–H groups in total. The molecule has 17 heavy (non-hydrogen) atoms. The van der Waals surface area contributed by atoms with E-state index in [0.717, 1.165) is 6.54 Å². The summed E-state index contributed by atoms with van der Waals surface area (Å²) in [6.45, 7) is 9.83. The predicted molar refractivity (Wildman–Crippen MR) is 80.1 cm³/mol. The van der Waals surface area contributed by atoms with Gasteiger partial charge in [-0.1, -0.05) is 27.7 Å². The molecule has 0 saturated heterocycles. The van der Waals surface area contributed by atoms with Gasteiger partial charge in [0.2, 0.25) is 0 Å². The lowest BCUT2D eigenvalue weighted by Gasteiger charge is -2.15. The average molecular weight is 272 g/mol. The third-order valence-corrected chi connectivity index (χ3v) is 4.78. The molecule has 98 valence electrons. The first-order valence-corrected chi connectivity index (χ1v) is 8.36. The number of nitrogens with one attached hydrogen (secondary N) is 1. The summed E-state index contributed by atoms with van der Waals surface area (Å²) in [6.07, 6.45) is 5.37. The van der Waals surface area contributed by atoms with E-state index in [9.17, 15) is 0 Å². The minimum absolute atomic E-state index is 0.173. The molecule has 4 heteroatoms. The van der Waals surface area contributed by atoms with Crippen LogP contribution in [-0.2, 0) is 12.0 Å². The number of thiazole rings is 1. The lowest BCUT2D eigenvalue weighted by atomic mass is 9.98. The maximum atomic E-state index is 4.51. The summed E-state index contributed by atoms with van der Waals surface area (Å²) in [5, 5.41) is 4.83. The number of rotatable bonds is 6. The number of hydrogen-bond acceptors (Lipinski definition) is 4. The van der Waals surface area contributed by atoms with E-state index in [0.29, 0.717) is 6.04 Å². The molecule has 0 radical (unpaired) electrons. The van der Waals surface area contributed by atoms with Gasteiger partial charge in [0.1, 0.15) is 0 Å². The Kier molecular flexibility index (Phi) is 5.97. The van der Waals surface area contributed by atoms with Crippen molar-refractivity contribution in [2.24, 2.45) is 0 Å². The van der Waals surface area contributed by atoms with Crippen molar-refractivity contribution in [3.63, 3.8) is 0 Å². The van der Waals surface area contributed by atoms with Crippen molar-refractivity contribution in [3.8, 4) is 0 Å². The Morgan fingerprint density at radius 1 is 1.47 bits per heavy atom. The fourth-order valence-corrected chi connectivity index (χ4v) is 3.18. The Bertz CT molecular complexity index is 328. The van der Waals surface area contributed by atoms with Crippen LogP contribution in [0.5, 0.6) is 0 Å². The maximum Gasteiger partial charge on any atom is 0.0981 e. The van der Waals surface area contributed by atoms with Gasteiger partial charge in [0.25, 0.3) is 0 Å². The van der Waals surface area contributed by atoms with E-state index in [2.05, 4.69) is 44.3 Å². The highest BCUT2D eigenvalue weighted by Crippen LogP contribution is 2.26. The van der Waals surface area contributed by atoms with Crippen molar-refractivity contribution in [2.75, 3.05) is 12.0 Å². The SMILES string of the molecule is CCC(CSC)NCc1cnc(C(C)(C)C)s1. The molecule has 0 spiro atoms. The van der Waals surface area contributed by atoms with Crippen molar-refractivity contribution in [1.82, 2.24) is 10.3 Å². The molecule has 0 aliphatic carbocycles. The molecule has 0 aliphatic rings. The molecule has 0 aromatic carbocycles. The summed E-state index contributed by atoms with van der Waals surface area (Å²) in [7, 11) is 0. The second-order valence-corrected chi connectivity index (χ2v) is 7.35. The van der Waals surface area contributed by atoms with Crippen LogP contribution < -0.4 is 5.32 Å². The second-order valence-electron chi connectivity index (χ2n) is 5.32. The normalized spacial score (nSPS) is 13.9. The summed E-state index contributed by atoms with van der Waals surface area (Å²) in [5.74, 6) is 1.18. The predicted octanol–water partition coefficient (Wildman–Crippen LogP) is 3.67. The number of hydrogen-bond donors (Lipinski definition) is 1. The zero-order valence-corrected chi connectivity index (χ0v) is 13.2. The van der Waals surface area contributed by atoms with Crippen LogP contribution in [-0.4, -0.2) is 23.0 Å². The van der Waals surface area contributed by atoms with E-state index >= 15 is 0 Å². The van der Waals surface area contributed by atoms with Gasteiger partial charge in [0.05, 0.1) is 5.01 Å². The van der Waals surface area contributed by atoms with Crippen LogP contribution >= 0.6 is 23.1 Å². The average Bonchev–Trinajstić information content (AvgIpc) is 2.72. The summed E-state index contributed by atoms with van der Waals surface area (Å²) in [6, 6.07) is 0.616. The van der Waals surface area contributed by atoms with Crippen molar-refractivity contribution < 1.29 is 0 Å². The van der Waals surface area contributed by atoms with Crippen molar-refractivity contribution in [3.05, 3.63) is 16.1 Å². The molecular formula is C13H24N2S2. The highest BCUT2D eigenvalue weighted by atomic mass is 32.2. The van der Waals surface area contributed by atoms with Crippen LogP contribution in [0, 0.1) is 0 Å². The molecule has 1 heterocycles. The Morgan fingerprint density at radius 3 is 2.65 bits per heavy atom. The van der Waals surface area contributed by atoms with Gasteiger partial charge in [-0.15, -0.1) is 11.3 Å². The molecule has 0 saturated carbocycles. The quantitative estimate of drug-likeness (QED) is 0.855. The third-order valence-electron chi connectivity index (χ3n) is 2.62. The molecule has 0 aliphatic heterocycles. The van der Waals surface area contributed by atoms with Crippen LogP contribution in [0.3, 0.4) is 0 Å². The highest BCUT2D eigenvalue weighted by Gasteiger charge is 2.18. The first kappa shape index (κ1) is 15.0. The van der Waals surface area contributed by atoms with Gasteiger partial charge in [0, 0.05) is 34.8 Å². The van der Waals surface area contributed by atoms with Crippen LogP contribution in [0.15, 0.2) is 6.20 Å². The minimum Gasteiger partial charge on any atom is -0.308 e. The molecule has 1 atom stereocenters.